The van der Waals surface area contributed by atoms with Crippen LogP contribution in [0, 0.1) is 0 Å². The highest BCUT2D eigenvalue weighted by atomic mass is 35.5. The zero-order chi connectivity index (χ0) is 12.3. The third kappa shape index (κ3) is 3.01. The van der Waals surface area contributed by atoms with Gasteiger partial charge in [0.1, 0.15) is 0 Å². The molecule has 0 fully saturated rings. The van der Waals surface area contributed by atoms with Gasteiger partial charge in [-0.1, -0.05) is 41.4 Å². The Bertz CT molecular complexity index is 506. The number of rotatable bonds is 3. The smallest absolute Gasteiger partial charge is 0.0484 e. The Labute approximate surface area is 111 Å². The van der Waals surface area contributed by atoms with Crippen molar-refractivity contribution >= 4 is 23.2 Å². The minimum absolute atomic E-state index is 0.141. The van der Waals surface area contributed by atoms with Crippen LogP contribution in [0.1, 0.15) is 5.56 Å². The highest BCUT2D eigenvalue weighted by Crippen LogP contribution is 2.29. The average Bonchev–Trinajstić information content (AvgIpc) is 2.33. The second kappa shape index (κ2) is 5.54. The molecular weight excluding hydrogens is 255 g/mol. The van der Waals surface area contributed by atoms with Crippen LogP contribution in [0.15, 0.2) is 42.5 Å². The number of aliphatic hydroxyl groups is 1. The molecule has 0 aliphatic carbocycles. The summed E-state index contributed by atoms with van der Waals surface area (Å²) in [6.07, 6.45) is 0.637. The van der Waals surface area contributed by atoms with Gasteiger partial charge in [-0.15, -0.1) is 0 Å². The molecule has 0 unspecified atom stereocenters. The van der Waals surface area contributed by atoms with Crippen LogP contribution in [-0.4, -0.2) is 11.7 Å². The fourth-order valence-electron chi connectivity index (χ4n) is 1.71. The lowest BCUT2D eigenvalue weighted by Crippen LogP contribution is -1.91. The molecule has 88 valence electrons. The molecule has 2 aromatic rings. The summed E-state index contributed by atoms with van der Waals surface area (Å²) in [6, 6.07) is 13.3. The van der Waals surface area contributed by atoms with E-state index in [4.69, 9.17) is 28.3 Å². The molecule has 17 heavy (non-hydrogen) atoms. The normalized spacial score (nSPS) is 10.5. The van der Waals surface area contributed by atoms with Gasteiger partial charge in [0.15, 0.2) is 0 Å². The van der Waals surface area contributed by atoms with E-state index in [0.29, 0.717) is 16.5 Å². The monoisotopic (exact) mass is 266 g/mol. The van der Waals surface area contributed by atoms with Crippen molar-refractivity contribution in [1.82, 2.24) is 0 Å². The molecular formula is C14H12Cl2O. The number of aliphatic hydroxyl groups excluding tert-OH is 1. The van der Waals surface area contributed by atoms with Gasteiger partial charge in [0.05, 0.1) is 0 Å². The topological polar surface area (TPSA) is 20.2 Å². The van der Waals surface area contributed by atoms with Crippen molar-refractivity contribution in [2.24, 2.45) is 0 Å². The molecule has 2 rings (SSSR count). The molecule has 0 heterocycles. The SMILES string of the molecule is OCCc1ccc(Cl)c(-c2ccc(Cl)cc2)c1. The molecule has 0 radical (unpaired) electrons. The molecule has 0 atom stereocenters. The molecule has 0 saturated carbocycles. The zero-order valence-corrected chi connectivity index (χ0v) is 10.7. The standard InChI is InChI=1S/C14H12Cl2O/c15-12-4-2-11(3-5-12)13-9-10(7-8-17)1-6-14(13)16/h1-6,9,17H,7-8H2. The number of benzene rings is 2. The summed E-state index contributed by atoms with van der Waals surface area (Å²) in [5, 5.41) is 10.3. The molecule has 0 saturated heterocycles. The third-order valence-electron chi connectivity index (χ3n) is 2.59. The van der Waals surface area contributed by atoms with Crippen molar-refractivity contribution in [1.29, 1.82) is 0 Å². The Kier molecular flexibility index (Phi) is 4.06. The van der Waals surface area contributed by atoms with Crippen LogP contribution in [0.3, 0.4) is 0 Å². The van der Waals surface area contributed by atoms with Gasteiger partial charge in [-0.05, 0) is 41.8 Å². The number of hydrogen-bond acceptors (Lipinski definition) is 1. The second-order valence-corrected chi connectivity index (χ2v) is 4.64. The predicted molar refractivity (Wildman–Crippen MR) is 72.7 cm³/mol. The Morgan fingerprint density at radius 1 is 0.941 bits per heavy atom. The highest BCUT2D eigenvalue weighted by Gasteiger charge is 2.04. The molecule has 0 bridgehead atoms. The maximum absolute atomic E-state index is 8.94. The summed E-state index contributed by atoms with van der Waals surface area (Å²) in [5.74, 6) is 0. The van der Waals surface area contributed by atoms with Crippen LogP contribution in [0.4, 0.5) is 0 Å². The highest BCUT2D eigenvalue weighted by molar-refractivity contribution is 6.33. The lowest BCUT2D eigenvalue weighted by atomic mass is 10.0. The van der Waals surface area contributed by atoms with Crippen molar-refractivity contribution in [2.45, 2.75) is 6.42 Å². The Balaban J connectivity index is 2.42. The first-order valence-electron chi connectivity index (χ1n) is 5.36. The van der Waals surface area contributed by atoms with Gasteiger partial charge in [0.25, 0.3) is 0 Å². The van der Waals surface area contributed by atoms with E-state index in [1.807, 2.05) is 42.5 Å². The van der Waals surface area contributed by atoms with E-state index in [9.17, 15) is 0 Å². The van der Waals surface area contributed by atoms with Crippen molar-refractivity contribution in [2.75, 3.05) is 6.61 Å². The average molecular weight is 267 g/mol. The fourth-order valence-corrected chi connectivity index (χ4v) is 2.06. The quantitative estimate of drug-likeness (QED) is 0.883. The first kappa shape index (κ1) is 12.4. The van der Waals surface area contributed by atoms with Gasteiger partial charge in [0.2, 0.25) is 0 Å². The molecule has 1 N–H and O–H groups in total. The first-order chi connectivity index (χ1) is 8.20. The van der Waals surface area contributed by atoms with Crippen molar-refractivity contribution < 1.29 is 5.11 Å². The maximum Gasteiger partial charge on any atom is 0.0484 e. The maximum atomic E-state index is 8.94. The molecule has 3 heteroatoms. The first-order valence-corrected chi connectivity index (χ1v) is 6.11. The van der Waals surface area contributed by atoms with Crippen molar-refractivity contribution in [3.05, 3.63) is 58.1 Å². The summed E-state index contributed by atoms with van der Waals surface area (Å²) in [7, 11) is 0. The van der Waals surface area contributed by atoms with Gasteiger partial charge in [-0.2, -0.15) is 0 Å². The van der Waals surface area contributed by atoms with Crippen LogP contribution < -0.4 is 0 Å². The van der Waals surface area contributed by atoms with Crippen molar-refractivity contribution in [3.8, 4) is 11.1 Å². The molecule has 2 aromatic carbocycles. The number of hydrogen-bond donors (Lipinski definition) is 1. The summed E-state index contributed by atoms with van der Waals surface area (Å²) < 4.78 is 0. The van der Waals surface area contributed by atoms with Crippen LogP contribution in [0.25, 0.3) is 11.1 Å². The lowest BCUT2D eigenvalue weighted by molar-refractivity contribution is 0.299. The van der Waals surface area contributed by atoms with Gasteiger partial charge < -0.3 is 5.11 Å². The molecule has 0 spiro atoms. The number of halogens is 2. The Hall–Kier alpha value is -1.02. The summed E-state index contributed by atoms with van der Waals surface area (Å²) in [4.78, 5) is 0. The summed E-state index contributed by atoms with van der Waals surface area (Å²) >= 11 is 12.0. The minimum Gasteiger partial charge on any atom is -0.396 e. The molecule has 0 aliphatic rings. The van der Waals surface area contributed by atoms with E-state index in [1.165, 1.54) is 0 Å². The van der Waals surface area contributed by atoms with E-state index >= 15 is 0 Å². The van der Waals surface area contributed by atoms with Gasteiger partial charge in [-0.25, -0.2) is 0 Å². The van der Waals surface area contributed by atoms with Crippen molar-refractivity contribution in [3.63, 3.8) is 0 Å². The van der Waals surface area contributed by atoms with Crippen LogP contribution in [0.2, 0.25) is 10.0 Å². The van der Waals surface area contributed by atoms with Gasteiger partial charge in [0, 0.05) is 22.2 Å². The van der Waals surface area contributed by atoms with Gasteiger partial charge in [-0.3, -0.25) is 0 Å². The van der Waals surface area contributed by atoms with E-state index < -0.39 is 0 Å². The fraction of sp³-hybridized carbons (Fsp3) is 0.143. The van der Waals surface area contributed by atoms with E-state index in [2.05, 4.69) is 0 Å². The van der Waals surface area contributed by atoms with E-state index in [1.54, 1.807) is 0 Å². The van der Waals surface area contributed by atoms with E-state index in [-0.39, 0.29) is 6.61 Å². The van der Waals surface area contributed by atoms with Crippen LogP contribution >= 0.6 is 23.2 Å². The molecule has 1 nitrogen and oxygen atoms in total. The molecule has 0 amide bonds. The largest absolute Gasteiger partial charge is 0.396 e. The Morgan fingerprint density at radius 3 is 2.29 bits per heavy atom. The third-order valence-corrected chi connectivity index (χ3v) is 3.17. The predicted octanol–water partition coefficient (Wildman–Crippen LogP) is 4.20. The summed E-state index contributed by atoms with van der Waals surface area (Å²) in [6.45, 7) is 0.141. The molecule has 0 aromatic heterocycles. The Morgan fingerprint density at radius 2 is 1.65 bits per heavy atom. The zero-order valence-electron chi connectivity index (χ0n) is 9.16. The van der Waals surface area contributed by atoms with Crippen LogP contribution in [0.5, 0.6) is 0 Å². The molecule has 0 aliphatic heterocycles. The summed E-state index contributed by atoms with van der Waals surface area (Å²) in [5.41, 5.74) is 3.07. The second-order valence-electron chi connectivity index (χ2n) is 3.79. The van der Waals surface area contributed by atoms with Crippen LogP contribution in [-0.2, 0) is 6.42 Å². The lowest BCUT2D eigenvalue weighted by Gasteiger charge is -2.07. The minimum atomic E-state index is 0.141. The van der Waals surface area contributed by atoms with E-state index in [0.717, 1.165) is 16.7 Å². The van der Waals surface area contributed by atoms with Gasteiger partial charge >= 0.3 is 0 Å².